The third-order valence-electron chi connectivity index (χ3n) is 2.05. The minimum Gasteiger partial charge on any atom is -0.361 e. The van der Waals surface area contributed by atoms with Crippen LogP contribution in [0.25, 0.3) is 10.9 Å². The van der Waals surface area contributed by atoms with Crippen molar-refractivity contribution in [3.05, 3.63) is 36.0 Å². The Bertz CT molecular complexity index is 485. The summed E-state index contributed by atoms with van der Waals surface area (Å²) in [6, 6.07) is 8.24. The first kappa shape index (κ1) is 8.86. The van der Waals surface area contributed by atoms with Gasteiger partial charge in [0.15, 0.2) is 0 Å². The van der Waals surface area contributed by atoms with Gasteiger partial charge in [-0.1, -0.05) is 17.9 Å². The fourth-order valence-electron chi connectivity index (χ4n) is 1.36. The topological polar surface area (TPSA) is 27.8 Å². The van der Waals surface area contributed by atoms with E-state index in [4.69, 9.17) is 0 Å². The molecule has 2 rings (SSSR count). The highest BCUT2D eigenvalue weighted by atomic mass is 14.8. The lowest BCUT2D eigenvalue weighted by Gasteiger charge is -1.91. The van der Waals surface area contributed by atoms with Gasteiger partial charge in [-0.2, -0.15) is 0 Å². The van der Waals surface area contributed by atoms with Gasteiger partial charge in [0.1, 0.15) is 0 Å². The van der Waals surface area contributed by atoms with Crippen molar-refractivity contribution in [3.63, 3.8) is 0 Å². The molecule has 1 heterocycles. The molecule has 0 saturated heterocycles. The maximum absolute atomic E-state index is 3.17. The maximum Gasteiger partial charge on any atom is 0.0577 e. The average Bonchev–Trinajstić information content (AvgIpc) is 2.65. The predicted molar refractivity (Wildman–Crippen MR) is 59.1 cm³/mol. The summed E-state index contributed by atoms with van der Waals surface area (Å²) in [4.78, 5) is 3.17. The Morgan fingerprint density at radius 2 is 2.29 bits per heavy atom. The normalized spacial score (nSPS) is 9.79. The van der Waals surface area contributed by atoms with E-state index in [0.717, 1.165) is 17.6 Å². The number of benzene rings is 1. The van der Waals surface area contributed by atoms with Gasteiger partial charge < -0.3 is 10.3 Å². The summed E-state index contributed by atoms with van der Waals surface area (Å²) < 4.78 is 0. The molecule has 1 aromatic heterocycles. The van der Waals surface area contributed by atoms with Crippen LogP contribution in [0, 0.1) is 11.8 Å². The van der Waals surface area contributed by atoms with E-state index < -0.39 is 0 Å². The Balaban J connectivity index is 2.31. The number of fused-ring (bicyclic) bond motifs is 1. The molecule has 0 aliphatic heterocycles. The Morgan fingerprint density at radius 3 is 3.14 bits per heavy atom. The highest BCUT2D eigenvalue weighted by Crippen LogP contribution is 2.13. The second-order valence-corrected chi connectivity index (χ2v) is 3.11. The molecule has 2 heteroatoms. The minimum atomic E-state index is 0.725. The van der Waals surface area contributed by atoms with Gasteiger partial charge in [-0.25, -0.2) is 0 Å². The number of aromatic nitrogens is 1. The molecular weight excluding hydrogens is 172 g/mol. The Labute approximate surface area is 83.3 Å². The van der Waals surface area contributed by atoms with Crippen LogP contribution in [0.4, 0.5) is 0 Å². The second kappa shape index (κ2) is 3.99. The zero-order chi connectivity index (χ0) is 9.80. The Morgan fingerprint density at radius 1 is 1.36 bits per heavy atom. The van der Waals surface area contributed by atoms with Crippen LogP contribution in [-0.4, -0.2) is 18.6 Å². The Kier molecular flexibility index (Phi) is 2.53. The van der Waals surface area contributed by atoms with E-state index in [1.807, 2.05) is 19.3 Å². The van der Waals surface area contributed by atoms with Crippen LogP contribution in [0.15, 0.2) is 30.5 Å². The molecule has 14 heavy (non-hydrogen) atoms. The van der Waals surface area contributed by atoms with Gasteiger partial charge in [0.2, 0.25) is 0 Å². The molecule has 0 aliphatic rings. The number of hydrogen-bond acceptors (Lipinski definition) is 1. The summed E-state index contributed by atoms with van der Waals surface area (Å²) in [5, 5.41) is 4.21. The van der Waals surface area contributed by atoms with E-state index in [2.05, 4.69) is 40.3 Å². The zero-order valence-electron chi connectivity index (χ0n) is 8.09. The third-order valence-corrected chi connectivity index (χ3v) is 2.05. The van der Waals surface area contributed by atoms with Crippen molar-refractivity contribution in [1.29, 1.82) is 0 Å². The van der Waals surface area contributed by atoms with Crippen LogP contribution < -0.4 is 5.32 Å². The van der Waals surface area contributed by atoms with Crippen molar-refractivity contribution >= 4 is 10.9 Å². The summed E-state index contributed by atoms with van der Waals surface area (Å²) in [5.74, 6) is 6.13. The van der Waals surface area contributed by atoms with Gasteiger partial charge in [-0.15, -0.1) is 0 Å². The first-order valence-electron chi connectivity index (χ1n) is 4.61. The monoisotopic (exact) mass is 184 g/mol. The van der Waals surface area contributed by atoms with E-state index in [-0.39, 0.29) is 0 Å². The summed E-state index contributed by atoms with van der Waals surface area (Å²) in [6.45, 7) is 0.725. The smallest absolute Gasteiger partial charge is 0.0577 e. The summed E-state index contributed by atoms with van der Waals surface area (Å²) in [6.07, 6.45) is 1.94. The molecule has 2 N–H and O–H groups in total. The van der Waals surface area contributed by atoms with Gasteiger partial charge in [-0.3, -0.25) is 0 Å². The number of hydrogen-bond donors (Lipinski definition) is 2. The molecule has 2 nitrogen and oxygen atoms in total. The SMILES string of the molecule is CNCC#Cc1ccc2cc[nH]c2c1. The van der Waals surface area contributed by atoms with Crippen LogP contribution in [0.3, 0.4) is 0 Å². The molecule has 0 fully saturated rings. The molecule has 0 unspecified atom stereocenters. The molecule has 0 saturated carbocycles. The van der Waals surface area contributed by atoms with Gasteiger partial charge in [-0.05, 0) is 30.6 Å². The van der Waals surface area contributed by atoms with E-state index in [1.54, 1.807) is 0 Å². The Hall–Kier alpha value is -1.72. The van der Waals surface area contributed by atoms with E-state index >= 15 is 0 Å². The lowest BCUT2D eigenvalue weighted by atomic mass is 10.2. The largest absolute Gasteiger partial charge is 0.361 e. The van der Waals surface area contributed by atoms with Gasteiger partial charge in [0.05, 0.1) is 6.54 Å². The highest BCUT2D eigenvalue weighted by molar-refractivity contribution is 5.80. The standard InChI is InChI=1S/C12H12N2/c1-13-7-2-3-10-4-5-11-6-8-14-12(11)9-10/h4-6,8-9,13-14H,7H2,1H3. The van der Waals surface area contributed by atoms with E-state index in [1.165, 1.54) is 5.39 Å². The van der Waals surface area contributed by atoms with Crippen molar-refractivity contribution in [2.75, 3.05) is 13.6 Å². The summed E-state index contributed by atoms with van der Waals surface area (Å²) in [5.41, 5.74) is 2.19. The van der Waals surface area contributed by atoms with Gasteiger partial charge >= 0.3 is 0 Å². The van der Waals surface area contributed by atoms with E-state index in [9.17, 15) is 0 Å². The van der Waals surface area contributed by atoms with Crippen LogP contribution >= 0.6 is 0 Å². The number of H-pyrrole nitrogens is 1. The summed E-state index contributed by atoms with van der Waals surface area (Å²) >= 11 is 0. The number of rotatable bonds is 1. The minimum absolute atomic E-state index is 0.725. The van der Waals surface area contributed by atoms with Crippen molar-refractivity contribution in [3.8, 4) is 11.8 Å². The van der Waals surface area contributed by atoms with Crippen molar-refractivity contribution in [1.82, 2.24) is 10.3 Å². The summed E-state index contributed by atoms with van der Waals surface area (Å²) in [7, 11) is 1.89. The quantitative estimate of drug-likeness (QED) is 0.649. The molecule has 0 spiro atoms. The maximum atomic E-state index is 3.17. The average molecular weight is 184 g/mol. The molecular formula is C12H12N2. The highest BCUT2D eigenvalue weighted by Gasteiger charge is 1.93. The zero-order valence-corrected chi connectivity index (χ0v) is 8.09. The van der Waals surface area contributed by atoms with Crippen LogP contribution in [0.2, 0.25) is 0 Å². The lowest BCUT2D eigenvalue weighted by molar-refractivity contribution is 0.938. The van der Waals surface area contributed by atoms with Gasteiger partial charge in [0, 0.05) is 17.3 Å². The first-order chi connectivity index (χ1) is 6.90. The molecule has 0 amide bonds. The number of aromatic amines is 1. The molecule has 0 bridgehead atoms. The van der Waals surface area contributed by atoms with Crippen molar-refractivity contribution in [2.24, 2.45) is 0 Å². The van der Waals surface area contributed by atoms with E-state index in [0.29, 0.717) is 0 Å². The van der Waals surface area contributed by atoms with Crippen molar-refractivity contribution in [2.45, 2.75) is 0 Å². The fourth-order valence-corrected chi connectivity index (χ4v) is 1.36. The molecule has 0 atom stereocenters. The van der Waals surface area contributed by atoms with Crippen LogP contribution in [0.1, 0.15) is 5.56 Å². The molecule has 1 aromatic carbocycles. The second-order valence-electron chi connectivity index (χ2n) is 3.11. The molecule has 0 aliphatic carbocycles. The third kappa shape index (κ3) is 1.78. The lowest BCUT2D eigenvalue weighted by Crippen LogP contribution is -2.04. The van der Waals surface area contributed by atoms with Crippen LogP contribution in [0.5, 0.6) is 0 Å². The number of nitrogens with one attached hydrogen (secondary N) is 2. The molecule has 0 radical (unpaired) electrons. The van der Waals surface area contributed by atoms with Crippen LogP contribution in [-0.2, 0) is 0 Å². The van der Waals surface area contributed by atoms with Gasteiger partial charge in [0.25, 0.3) is 0 Å². The van der Waals surface area contributed by atoms with Crippen molar-refractivity contribution < 1.29 is 0 Å². The fraction of sp³-hybridized carbons (Fsp3) is 0.167. The first-order valence-corrected chi connectivity index (χ1v) is 4.61. The molecule has 70 valence electrons. The predicted octanol–water partition coefficient (Wildman–Crippen LogP) is 1.74. The molecule has 2 aromatic rings.